The highest BCUT2D eigenvalue weighted by Crippen LogP contribution is 2.46. The summed E-state index contributed by atoms with van der Waals surface area (Å²) in [5, 5.41) is 3.18. The molecule has 1 aliphatic heterocycles. The molecule has 2 fully saturated rings. The standard InChI is InChI=1S/C24H31FN4O3S/c1-5-33(31,32)20-13-17(2)21(26-15-20)29-16-23(27-22(29)30)9-11-24(12-10-23,28(3)4)18-7-6-8-19(25)14-18/h6-8,13-15H,5,9-12,16H2,1-4H3,(H,27,30). The highest BCUT2D eigenvalue weighted by Gasteiger charge is 2.50. The first-order valence-corrected chi connectivity index (χ1v) is 12.9. The van der Waals surface area contributed by atoms with Crippen LogP contribution in [0, 0.1) is 12.7 Å². The van der Waals surface area contributed by atoms with Crippen molar-refractivity contribution in [3.8, 4) is 0 Å². The maximum Gasteiger partial charge on any atom is 0.323 e. The van der Waals surface area contributed by atoms with Gasteiger partial charge in [0.25, 0.3) is 0 Å². The van der Waals surface area contributed by atoms with Crippen LogP contribution in [0.3, 0.4) is 0 Å². The predicted molar refractivity (Wildman–Crippen MR) is 126 cm³/mol. The van der Waals surface area contributed by atoms with Gasteiger partial charge in [0.15, 0.2) is 9.84 Å². The number of aryl methyl sites for hydroxylation is 1. The van der Waals surface area contributed by atoms with Crippen molar-refractivity contribution in [2.75, 3.05) is 31.3 Å². The van der Waals surface area contributed by atoms with Crippen LogP contribution in [-0.4, -0.2) is 56.3 Å². The maximum atomic E-state index is 14.0. The summed E-state index contributed by atoms with van der Waals surface area (Å²) in [5.74, 6) is 0.234. The third-order valence-electron chi connectivity index (χ3n) is 7.35. The number of pyridine rings is 1. The molecule has 2 aromatic rings. The number of carbonyl (C=O) groups excluding carboxylic acids is 1. The molecule has 1 aromatic carbocycles. The molecule has 178 valence electrons. The number of benzene rings is 1. The van der Waals surface area contributed by atoms with Gasteiger partial charge in [0.2, 0.25) is 0 Å². The zero-order chi connectivity index (χ0) is 24.0. The topological polar surface area (TPSA) is 82.6 Å². The summed E-state index contributed by atoms with van der Waals surface area (Å²) in [7, 11) is 0.666. The predicted octanol–water partition coefficient (Wildman–Crippen LogP) is 3.62. The molecule has 1 aromatic heterocycles. The molecule has 0 unspecified atom stereocenters. The van der Waals surface area contributed by atoms with Crippen molar-refractivity contribution < 1.29 is 17.6 Å². The molecular weight excluding hydrogens is 443 g/mol. The Morgan fingerprint density at radius 3 is 2.45 bits per heavy atom. The summed E-state index contributed by atoms with van der Waals surface area (Å²) in [6.45, 7) is 3.83. The van der Waals surface area contributed by atoms with Crippen molar-refractivity contribution in [2.24, 2.45) is 0 Å². The van der Waals surface area contributed by atoms with Crippen molar-refractivity contribution in [3.63, 3.8) is 0 Å². The third kappa shape index (κ3) is 4.12. The number of amides is 2. The fraction of sp³-hybridized carbons (Fsp3) is 0.500. The van der Waals surface area contributed by atoms with Gasteiger partial charge >= 0.3 is 6.03 Å². The van der Waals surface area contributed by atoms with Gasteiger partial charge in [-0.3, -0.25) is 9.80 Å². The molecule has 33 heavy (non-hydrogen) atoms. The van der Waals surface area contributed by atoms with Crippen LogP contribution in [0.5, 0.6) is 0 Å². The van der Waals surface area contributed by atoms with Crippen LogP contribution in [-0.2, 0) is 15.4 Å². The van der Waals surface area contributed by atoms with E-state index in [1.165, 1.54) is 12.3 Å². The van der Waals surface area contributed by atoms with E-state index in [1.54, 1.807) is 36.9 Å². The molecule has 0 radical (unpaired) electrons. The fourth-order valence-corrected chi connectivity index (χ4v) is 6.14. The van der Waals surface area contributed by atoms with Gasteiger partial charge in [-0.2, -0.15) is 0 Å². The van der Waals surface area contributed by atoms with E-state index >= 15 is 0 Å². The number of carbonyl (C=O) groups is 1. The largest absolute Gasteiger partial charge is 0.330 e. The molecule has 1 N–H and O–H groups in total. The lowest BCUT2D eigenvalue weighted by Crippen LogP contribution is -2.54. The van der Waals surface area contributed by atoms with Gasteiger partial charge in [0, 0.05) is 11.7 Å². The quantitative estimate of drug-likeness (QED) is 0.716. The molecule has 1 saturated heterocycles. The number of anilines is 1. The van der Waals surface area contributed by atoms with E-state index in [-0.39, 0.29) is 28.0 Å². The van der Waals surface area contributed by atoms with Crippen LogP contribution >= 0.6 is 0 Å². The number of nitrogens with zero attached hydrogens (tertiary/aromatic N) is 3. The highest BCUT2D eigenvalue weighted by molar-refractivity contribution is 7.91. The Morgan fingerprint density at radius 1 is 1.18 bits per heavy atom. The summed E-state index contributed by atoms with van der Waals surface area (Å²) in [6.07, 6.45) is 4.37. The Hall–Kier alpha value is -2.52. The first kappa shape index (κ1) is 23.6. The molecule has 9 heteroatoms. The number of nitrogens with one attached hydrogen (secondary N) is 1. The molecule has 1 saturated carbocycles. The van der Waals surface area contributed by atoms with E-state index in [9.17, 15) is 17.6 Å². The average molecular weight is 475 g/mol. The van der Waals surface area contributed by atoms with E-state index in [4.69, 9.17) is 0 Å². The van der Waals surface area contributed by atoms with Crippen molar-refractivity contribution in [1.29, 1.82) is 0 Å². The zero-order valence-electron chi connectivity index (χ0n) is 19.6. The van der Waals surface area contributed by atoms with Gasteiger partial charge in [-0.05, 0) is 76.0 Å². The Bertz CT molecular complexity index is 1170. The number of hydrogen-bond donors (Lipinski definition) is 1. The van der Waals surface area contributed by atoms with Crippen LogP contribution < -0.4 is 10.2 Å². The molecule has 7 nitrogen and oxygen atoms in total. The van der Waals surface area contributed by atoms with Gasteiger partial charge < -0.3 is 5.32 Å². The second-order valence-corrected chi connectivity index (χ2v) is 11.7. The second kappa shape index (κ2) is 8.36. The first-order valence-electron chi connectivity index (χ1n) is 11.2. The maximum absolute atomic E-state index is 14.0. The molecule has 0 atom stereocenters. The Labute approximate surface area is 194 Å². The summed E-state index contributed by atoms with van der Waals surface area (Å²) >= 11 is 0. The van der Waals surface area contributed by atoms with Gasteiger partial charge in [-0.25, -0.2) is 22.6 Å². The normalized spacial score (nSPS) is 25.6. The zero-order valence-corrected chi connectivity index (χ0v) is 20.4. The Balaban J connectivity index is 1.57. The van der Waals surface area contributed by atoms with Crippen LogP contribution in [0.2, 0.25) is 0 Å². The van der Waals surface area contributed by atoms with Crippen molar-refractivity contribution >= 4 is 21.7 Å². The molecular formula is C24H31FN4O3S. The molecule has 4 rings (SSSR count). The van der Waals surface area contributed by atoms with E-state index in [2.05, 4.69) is 15.2 Å². The SMILES string of the molecule is CCS(=O)(=O)c1cnc(N2CC3(CCC(c4cccc(F)c4)(N(C)C)CC3)NC2=O)c(C)c1. The molecule has 2 amide bonds. The number of sulfone groups is 1. The van der Waals surface area contributed by atoms with Crippen LogP contribution in [0.15, 0.2) is 41.4 Å². The van der Waals surface area contributed by atoms with E-state index in [1.807, 2.05) is 20.2 Å². The van der Waals surface area contributed by atoms with Gasteiger partial charge in [-0.15, -0.1) is 0 Å². The van der Waals surface area contributed by atoms with E-state index < -0.39 is 15.4 Å². The lowest BCUT2D eigenvalue weighted by Gasteiger charge is -2.48. The summed E-state index contributed by atoms with van der Waals surface area (Å²) < 4.78 is 38.3. The number of halogens is 1. The molecule has 1 aliphatic carbocycles. The summed E-state index contributed by atoms with van der Waals surface area (Å²) in [5.41, 5.74) is 0.908. The van der Waals surface area contributed by atoms with Crippen LogP contribution in [0.4, 0.5) is 15.0 Å². The third-order valence-corrected chi connectivity index (χ3v) is 9.05. The van der Waals surface area contributed by atoms with Crippen molar-refractivity contribution in [1.82, 2.24) is 15.2 Å². The molecule has 2 aliphatic rings. The lowest BCUT2D eigenvalue weighted by molar-refractivity contribution is 0.0655. The van der Waals surface area contributed by atoms with E-state index in [0.29, 0.717) is 17.9 Å². The fourth-order valence-electron chi connectivity index (χ4n) is 5.24. The van der Waals surface area contributed by atoms with Crippen LogP contribution in [0.25, 0.3) is 0 Å². The smallest absolute Gasteiger partial charge is 0.323 e. The lowest BCUT2D eigenvalue weighted by atomic mass is 9.69. The second-order valence-electron chi connectivity index (χ2n) is 9.45. The van der Waals surface area contributed by atoms with Crippen molar-refractivity contribution in [3.05, 3.63) is 53.5 Å². The number of urea groups is 1. The van der Waals surface area contributed by atoms with Gasteiger partial charge in [-0.1, -0.05) is 19.1 Å². The molecule has 1 spiro atoms. The van der Waals surface area contributed by atoms with Gasteiger partial charge in [0.1, 0.15) is 11.6 Å². The minimum atomic E-state index is -3.37. The first-order chi connectivity index (χ1) is 15.5. The van der Waals surface area contributed by atoms with E-state index in [0.717, 1.165) is 31.2 Å². The molecule has 0 bridgehead atoms. The Kier molecular flexibility index (Phi) is 5.99. The Morgan fingerprint density at radius 2 is 1.88 bits per heavy atom. The monoisotopic (exact) mass is 474 g/mol. The van der Waals surface area contributed by atoms with Crippen molar-refractivity contribution in [2.45, 2.75) is 55.5 Å². The number of rotatable bonds is 5. The number of hydrogen-bond acceptors (Lipinski definition) is 5. The average Bonchev–Trinajstić information content (AvgIpc) is 3.09. The van der Waals surface area contributed by atoms with Gasteiger partial charge in [0.05, 0.1) is 22.7 Å². The van der Waals surface area contributed by atoms with Crippen LogP contribution in [0.1, 0.15) is 43.7 Å². The highest BCUT2D eigenvalue weighted by atomic mass is 32.2. The number of aromatic nitrogens is 1. The summed E-state index contributed by atoms with van der Waals surface area (Å²) in [4.78, 5) is 21.2. The molecule has 2 heterocycles. The summed E-state index contributed by atoms with van der Waals surface area (Å²) in [6, 6.07) is 8.15. The minimum Gasteiger partial charge on any atom is -0.330 e. The minimum absolute atomic E-state index is 0.000281.